The summed E-state index contributed by atoms with van der Waals surface area (Å²) in [6.45, 7) is 0. The van der Waals surface area contributed by atoms with Gasteiger partial charge >= 0.3 is 6.18 Å². The molecule has 0 bridgehead atoms. The van der Waals surface area contributed by atoms with Gasteiger partial charge in [-0.15, -0.1) is 0 Å². The Morgan fingerprint density at radius 2 is 2.00 bits per heavy atom. The van der Waals surface area contributed by atoms with Gasteiger partial charge in [-0.05, 0) is 28.7 Å². The fourth-order valence-corrected chi connectivity index (χ4v) is 2.04. The standard InChI is InChI=1S/C6H2BrF3IN/c7-4-1-5(11)12-2-3(4)6(8,9)10/h1-2H. The van der Waals surface area contributed by atoms with E-state index in [9.17, 15) is 13.2 Å². The van der Waals surface area contributed by atoms with Crippen molar-refractivity contribution in [3.8, 4) is 0 Å². The largest absolute Gasteiger partial charge is 0.418 e. The Balaban J connectivity index is 3.19. The normalized spacial score (nSPS) is 11.8. The number of pyridine rings is 1. The van der Waals surface area contributed by atoms with Crippen molar-refractivity contribution in [1.29, 1.82) is 0 Å². The number of aromatic nitrogens is 1. The highest BCUT2D eigenvalue weighted by Gasteiger charge is 2.33. The van der Waals surface area contributed by atoms with E-state index in [0.717, 1.165) is 6.20 Å². The average molecular weight is 352 g/mol. The van der Waals surface area contributed by atoms with Crippen LogP contribution in [0.25, 0.3) is 0 Å². The van der Waals surface area contributed by atoms with E-state index in [4.69, 9.17) is 0 Å². The summed E-state index contributed by atoms with van der Waals surface area (Å²) in [7, 11) is 0. The minimum absolute atomic E-state index is 0.0226. The van der Waals surface area contributed by atoms with E-state index in [1.54, 1.807) is 0 Å². The molecule has 1 nitrogen and oxygen atoms in total. The molecule has 66 valence electrons. The molecule has 0 unspecified atom stereocenters. The van der Waals surface area contributed by atoms with Gasteiger partial charge in [-0.3, -0.25) is 0 Å². The Kier molecular flexibility index (Phi) is 2.97. The molecule has 0 aliphatic rings. The molecule has 0 atom stereocenters. The summed E-state index contributed by atoms with van der Waals surface area (Å²) in [5.41, 5.74) is -0.747. The highest BCUT2D eigenvalue weighted by atomic mass is 127. The summed E-state index contributed by atoms with van der Waals surface area (Å²) in [4.78, 5) is 3.54. The summed E-state index contributed by atoms with van der Waals surface area (Å²) >= 11 is 4.66. The third kappa shape index (κ3) is 2.32. The maximum absolute atomic E-state index is 12.1. The van der Waals surface area contributed by atoms with Crippen molar-refractivity contribution in [2.24, 2.45) is 0 Å². The zero-order valence-corrected chi connectivity index (χ0v) is 9.24. The van der Waals surface area contributed by atoms with Crippen LogP contribution in [-0.4, -0.2) is 4.98 Å². The predicted octanol–water partition coefficient (Wildman–Crippen LogP) is 3.47. The van der Waals surface area contributed by atoms with E-state index in [1.807, 2.05) is 22.6 Å². The van der Waals surface area contributed by atoms with E-state index in [2.05, 4.69) is 20.9 Å². The number of alkyl halides is 3. The average Bonchev–Trinajstić information content (AvgIpc) is 1.83. The van der Waals surface area contributed by atoms with Crippen LogP contribution in [0.2, 0.25) is 0 Å². The summed E-state index contributed by atoms with van der Waals surface area (Å²) in [6.07, 6.45) is -3.53. The second-order valence-electron chi connectivity index (χ2n) is 1.98. The zero-order valence-electron chi connectivity index (χ0n) is 5.49. The highest BCUT2D eigenvalue weighted by molar-refractivity contribution is 14.1. The Labute approximate surface area is 88.6 Å². The van der Waals surface area contributed by atoms with Gasteiger partial charge in [0.1, 0.15) is 3.70 Å². The summed E-state index contributed by atoms with van der Waals surface area (Å²) in [5, 5.41) is 0. The van der Waals surface area contributed by atoms with Gasteiger partial charge in [0.05, 0.1) is 5.56 Å². The van der Waals surface area contributed by atoms with Crippen molar-refractivity contribution in [2.45, 2.75) is 6.18 Å². The van der Waals surface area contributed by atoms with Crippen LogP contribution >= 0.6 is 38.5 Å². The predicted molar refractivity (Wildman–Crippen MR) is 49.7 cm³/mol. The lowest BCUT2D eigenvalue weighted by molar-refractivity contribution is -0.138. The summed E-state index contributed by atoms with van der Waals surface area (Å²) in [6, 6.07) is 1.32. The zero-order chi connectivity index (χ0) is 9.35. The van der Waals surface area contributed by atoms with Crippen molar-refractivity contribution >= 4 is 38.5 Å². The maximum atomic E-state index is 12.1. The van der Waals surface area contributed by atoms with Gasteiger partial charge in [0.2, 0.25) is 0 Å². The number of hydrogen-bond donors (Lipinski definition) is 0. The van der Waals surface area contributed by atoms with Crippen molar-refractivity contribution < 1.29 is 13.2 Å². The lowest BCUT2D eigenvalue weighted by Crippen LogP contribution is -2.06. The number of hydrogen-bond acceptors (Lipinski definition) is 1. The van der Waals surface area contributed by atoms with Crippen molar-refractivity contribution in [2.75, 3.05) is 0 Å². The Morgan fingerprint density at radius 1 is 1.42 bits per heavy atom. The minimum atomic E-state index is -4.34. The van der Waals surface area contributed by atoms with Gasteiger partial charge in [0.15, 0.2) is 0 Å². The fraction of sp³-hybridized carbons (Fsp3) is 0.167. The Bertz CT molecular complexity index is 299. The van der Waals surface area contributed by atoms with Gasteiger partial charge in [0.25, 0.3) is 0 Å². The van der Waals surface area contributed by atoms with E-state index in [1.165, 1.54) is 6.07 Å². The van der Waals surface area contributed by atoms with Crippen LogP contribution in [0.15, 0.2) is 16.7 Å². The molecule has 6 heteroatoms. The van der Waals surface area contributed by atoms with Crippen LogP contribution in [0, 0.1) is 3.70 Å². The Morgan fingerprint density at radius 3 is 2.42 bits per heavy atom. The molecule has 1 heterocycles. The molecule has 0 saturated carbocycles. The lowest BCUT2D eigenvalue weighted by Gasteiger charge is -2.07. The molecule has 1 rings (SSSR count). The van der Waals surface area contributed by atoms with Crippen LogP contribution in [0.5, 0.6) is 0 Å². The Hall–Kier alpha value is 0.150. The molecule has 1 aromatic heterocycles. The number of rotatable bonds is 0. The number of nitrogens with zero attached hydrogens (tertiary/aromatic N) is 1. The molecule has 0 N–H and O–H groups in total. The smallest absolute Gasteiger partial charge is 0.250 e. The van der Waals surface area contributed by atoms with Crippen molar-refractivity contribution in [1.82, 2.24) is 4.98 Å². The molecule has 0 aliphatic heterocycles. The third-order valence-corrected chi connectivity index (χ3v) is 2.37. The topological polar surface area (TPSA) is 12.9 Å². The number of halogens is 5. The van der Waals surface area contributed by atoms with Gasteiger partial charge in [-0.2, -0.15) is 13.2 Å². The molecule has 0 saturated heterocycles. The minimum Gasteiger partial charge on any atom is -0.250 e. The maximum Gasteiger partial charge on any atom is 0.418 e. The SMILES string of the molecule is FC(F)(F)c1cnc(I)cc1Br. The summed E-state index contributed by atoms with van der Waals surface area (Å²) < 4.78 is 36.9. The quantitative estimate of drug-likeness (QED) is 0.515. The van der Waals surface area contributed by atoms with Crippen molar-refractivity contribution in [3.63, 3.8) is 0 Å². The fourth-order valence-electron chi connectivity index (χ4n) is 0.616. The molecule has 0 aliphatic carbocycles. The van der Waals surface area contributed by atoms with Gasteiger partial charge in [-0.25, -0.2) is 4.98 Å². The molecular formula is C6H2BrF3IN. The van der Waals surface area contributed by atoms with E-state index in [0.29, 0.717) is 3.70 Å². The van der Waals surface area contributed by atoms with Crippen LogP contribution in [-0.2, 0) is 6.18 Å². The van der Waals surface area contributed by atoms with E-state index < -0.39 is 11.7 Å². The molecule has 0 amide bonds. The van der Waals surface area contributed by atoms with E-state index >= 15 is 0 Å². The first-order chi connectivity index (χ1) is 5.41. The van der Waals surface area contributed by atoms with Crippen molar-refractivity contribution in [3.05, 3.63) is 26.0 Å². The first-order valence-electron chi connectivity index (χ1n) is 2.79. The molecule has 12 heavy (non-hydrogen) atoms. The molecule has 0 spiro atoms. The van der Waals surface area contributed by atoms with Crippen LogP contribution < -0.4 is 0 Å². The van der Waals surface area contributed by atoms with Gasteiger partial charge in [-0.1, -0.05) is 15.9 Å². The van der Waals surface area contributed by atoms with Crippen LogP contribution in [0.4, 0.5) is 13.2 Å². The monoisotopic (exact) mass is 351 g/mol. The van der Waals surface area contributed by atoms with Crippen LogP contribution in [0.1, 0.15) is 5.56 Å². The van der Waals surface area contributed by atoms with Crippen LogP contribution in [0.3, 0.4) is 0 Å². The molecule has 0 fully saturated rings. The molecule has 0 radical (unpaired) electrons. The molecule has 0 aromatic carbocycles. The molecule has 1 aromatic rings. The second kappa shape index (κ2) is 3.49. The lowest BCUT2D eigenvalue weighted by atomic mass is 10.3. The molecular weight excluding hydrogens is 350 g/mol. The van der Waals surface area contributed by atoms with E-state index in [-0.39, 0.29) is 4.47 Å². The highest BCUT2D eigenvalue weighted by Crippen LogP contribution is 2.34. The first-order valence-corrected chi connectivity index (χ1v) is 4.66. The van der Waals surface area contributed by atoms with Gasteiger partial charge < -0.3 is 0 Å². The first kappa shape index (κ1) is 10.2. The second-order valence-corrected chi connectivity index (χ2v) is 3.94. The van der Waals surface area contributed by atoms with Gasteiger partial charge in [0, 0.05) is 10.7 Å². The summed E-state index contributed by atoms with van der Waals surface area (Å²) in [5.74, 6) is 0. The third-order valence-electron chi connectivity index (χ3n) is 1.13.